The van der Waals surface area contributed by atoms with E-state index in [1.165, 1.54) is 5.56 Å². The van der Waals surface area contributed by atoms with Crippen LogP contribution < -0.4 is 5.73 Å². The van der Waals surface area contributed by atoms with Crippen LogP contribution >= 0.6 is 23.1 Å². The highest BCUT2D eigenvalue weighted by Gasteiger charge is 2.29. The molecule has 2 N–H and O–H groups in total. The number of thiophene rings is 1. The fraction of sp³-hybridized carbons (Fsp3) is 0.500. The maximum atomic E-state index is 12.0. The zero-order valence-corrected chi connectivity index (χ0v) is 9.71. The molecule has 0 bridgehead atoms. The number of carbonyl (C=O) groups is 1. The van der Waals surface area contributed by atoms with E-state index in [-0.39, 0.29) is 11.7 Å². The summed E-state index contributed by atoms with van der Waals surface area (Å²) in [7, 11) is 0. The Hall–Kier alpha value is -0.320. The van der Waals surface area contributed by atoms with E-state index in [9.17, 15) is 4.79 Å². The normalized spacial score (nSPS) is 21.0. The second-order valence-electron chi connectivity index (χ2n) is 3.46. The molecular formula is C10H13NOS2. The van der Waals surface area contributed by atoms with Gasteiger partial charge in [0.25, 0.3) is 0 Å². The number of aryl methyl sites for hydroxylation is 1. The number of ketones is 1. The number of carbonyl (C=O) groups excluding carboxylic acids is 1. The monoisotopic (exact) mass is 227 g/mol. The Morgan fingerprint density at radius 2 is 2.50 bits per heavy atom. The lowest BCUT2D eigenvalue weighted by molar-refractivity contribution is 0.0905. The van der Waals surface area contributed by atoms with Crippen molar-refractivity contribution in [1.82, 2.24) is 0 Å². The molecule has 1 aromatic rings. The van der Waals surface area contributed by atoms with E-state index < -0.39 is 0 Å². The van der Waals surface area contributed by atoms with E-state index >= 15 is 0 Å². The average Bonchev–Trinajstić information content (AvgIpc) is 2.62. The van der Waals surface area contributed by atoms with Crippen LogP contribution in [0.25, 0.3) is 0 Å². The molecule has 0 radical (unpaired) electrons. The summed E-state index contributed by atoms with van der Waals surface area (Å²) in [5.41, 5.74) is 7.78. The van der Waals surface area contributed by atoms with Crippen molar-refractivity contribution >= 4 is 28.9 Å². The maximum absolute atomic E-state index is 12.0. The Bertz CT molecular complexity index is 346. The number of rotatable bonds is 2. The Balaban J connectivity index is 2.41. The van der Waals surface area contributed by atoms with Crippen molar-refractivity contribution in [3.8, 4) is 0 Å². The molecule has 0 saturated heterocycles. The largest absolute Gasteiger partial charge is 0.330 e. The van der Waals surface area contributed by atoms with E-state index in [1.807, 2.05) is 6.26 Å². The number of Topliss-reactive ketones (excluding diaryl/α,β-unsaturated/α-hetero) is 1. The van der Waals surface area contributed by atoms with Crippen LogP contribution in [0.2, 0.25) is 0 Å². The lowest BCUT2D eigenvalue weighted by atomic mass is 9.85. The molecule has 2 rings (SSSR count). The van der Waals surface area contributed by atoms with Gasteiger partial charge in [-0.3, -0.25) is 4.79 Å². The number of hydrogen-bond acceptors (Lipinski definition) is 4. The summed E-state index contributed by atoms with van der Waals surface area (Å²) in [4.78, 5) is 12.0. The first kappa shape index (κ1) is 10.2. The van der Waals surface area contributed by atoms with E-state index in [0.29, 0.717) is 6.54 Å². The molecule has 4 heteroatoms. The van der Waals surface area contributed by atoms with Gasteiger partial charge in [-0.25, -0.2) is 0 Å². The molecule has 0 aromatic carbocycles. The molecule has 0 amide bonds. The lowest BCUT2D eigenvalue weighted by Gasteiger charge is -2.19. The van der Waals surface area contributed by atoms with Gasteiger partial charge in [0, 0.05) is 18.0 Å². The standard InChI is InChI=1S/C10H13NOS2/c1-13-10-8-7(5-14-10)3-2-6(4-11)9(8)12/h5-6H,2-4,11H2,1H3. The van der Waals surface area contributed by atoms with Gasteiger partial charge in [-0.05, 0) is 30.0 Å². The van der Waals surface area contributed by atoms with Crippen molar-refractivity contribution < 1.29 is 4.79 Å². The van der Waals surface area contributed by atoms with Crippen LogP contribution in [-0.4, -0.2) is 18.6 Å². The molecule has 1 aliphatic rings. The summed E-state index contributed by atoms with van der Waals surface area (Å²) in [5, 5.41) is 2.12. The second kappa shape index (κ2) is 4.04. The minimum atomic E-state index is 0.0583. The van der Waals surface area contributed by atoms with Gasteiger partial charge in [0.2, 0.25) is 0 Å². The van der Waals surface area contributed by atoms with Crippen molar-refractivity contribution in [3.05, 3.63) is 16.5 Å². The molecule has 0 aliphatic heterocycles. The first-order chi connectivity index (χ1) is 6.77. The molecule has 1 atom stereocenters. The fourth-order valence-electron chi connectivity index (χ4n) is 1.86. The minimum absolute atomic E-state index is 0.0583. The summed E-state index contributed by atoms with van der Waals surface area (Å²) in [5.74, 6) is 0.322. The summed E-state index contributed by atoms with van der Waals surface area (Å²) in [6, 6.07) is 0. The number of fused-ring (bicyclic) bond motifs is 1. The van der Waals surface area contributed by atoms with Gasteiger partial charge < -0.3 is 5.73 Å². The van der Waals surface area contributed by atoms with Gasteiger partial charge in [-0.1, -0.05) is 0 Å². The average molecular weight is 227 g/mol. The van der Waals surface area contributed by atoms with Crippen LogP contribution in [0.1, 0.15) is 22.3 Å². The molecule has 0 saturated carbocycles. The molecule has 2 nitrogen and oxygen atoms in total. The van der Waals surface area contributed by atoms with Gasteiger partial charge in [0.1, 0.15) is 0 Å². The predicted molar refractivity (Wildman–Crippen MR) is 61.3 cm³/mol. The topological polar surface area (TPSA) is 43.1 Å². The van der Waals surface area contributed by atoms with Crippen LogP contribution in [0.4, 0.5) is 0 Å². The molecule has 76 valence electrons. The Morgan fingerprint density at radius 3 is 3.14 bits per heavy atom. The molecular weight excluding hydrogens is 214 g/mol. The first-order valence-electron chi connectivity index (χ1n) is 4.66. The summed E-state index contributed by atoms with van der Waals surface area (Å²) >= 11 is 3.35. The SMILES string of the molecule is CSc1scc2c1C(=O)C(CN)CC2. The third-order valence-electron chi connectivity index (χ3n) is 2.68. The van der Waals surface area contributed by atoms with Crippen LogP contribution in [-0.2, 0) is 6.42 Å². The smallest absolute Gasteiger partial charge is 0.169 e. The maximum Gasteiger partial charge on any atom is 0.169 e. The lowest BCUT2D eigenvalue weighted by Crippen LogP contribution is -2.28. The van der Waals surface area contributed by atoms with Crippen LogP contribution in [0, 0.1) is 5.92 Å². The Labute approximate surface area is 91.9 Å². The van der Waals surface area contributed by atoms with Crippen molar-refractivity contribution in [2.45, 2.75) is 17.1 Å². The highest BCUT2D eigenvalue weighted by Crippen LogP contribution is 2.36. The molecule has 14 heavy (non-hydrogen) atoms. The molecule has 1 aromatic heterocycles. The number of hydrogen-bond donors (Lipinski definition) is 1. The van der Waals surface area contributed by atoms with Gasteiger partial charge in [-0.2, -0.15) is 0 Å². The van der Waals surface area contributed by atoms with Gasteiger partial charge in [0.15, 0.2) is 5.78 Å². The molecule has 0 spiro atoms. The first-order valence-corrected chi connectivity index (χ1v) is 6.77. The van der Waals surface area contributed by atoms with Gasteiger partial charge >= 0.3 is 0 Å². The highest BCUT2D eigenvalue weighted by atomic mass is 32.2. The van der Waals surface area contributed by atoms with E-state index in [2.05, 4.69) is 5.38 Å². The van der Waals surface area contributed by atoms with Crippen molar-refractivity contribution in [2.24, 2.45) is 11.7 Å². The molecule has 1 heterocycles. The zero-order valence-electron chi connectivity index (χ0n) is 8.08. The van der Waals surface area contributed by atoms with Crippen molar-refractivity contribution in [1.29, 1.82) is 0 Å². The zero-order chi connectivity index (χ0) is 10.1. The van der Waals surface area contributed by atoms with E-state index in [0.717, 1.165) is 22.6 Å². The molecule has 1 aliphatic carbocycles. The number of thioether (sulfide) groups is 1. The van der Waals surface area contributed by atoms with Crippen LogP contribution in [0.5, 0.6) is 0 Å². The Morgan fingerprint density at radius 1 is 1.71 bits per heavy atom. The quantitative estimate of drug-likeness (QED) is 0.787. The molecule has 1 unspecified atom stereocenters. The van der Waals surface area contributed by atoms with Crippen molar-refractivity contribution in [3.63, 3.8) is 0 Å². The number of nitrogens with two attached hydrogens (primary N) is 1. The third-order valence-corrected chi connectivity index (χ3v) is 4.87. The van der Waals surface area contributed by atoms with Crippen molar-refractivity contribution in [2.75, 3.05) is 12.8 Å². The van der Waals surface area contributed by atoms with Gasteiger partial charge in [-0.15, -0.1) is 23.1 Å². The fourth-order valence-corrected chi connectivity index (χ4v) is 3.66. The second-order valence-corrected chi connectivity index (χ2v) is 5.42. The van der Waals surface area contributed by atoms with E-state index in [4.69, 9.17) is 5.73 Å². The summed E-state index contributed by atoms with van der Waals surface area (Å²) in [6.45, 7) is 0.488. The minimum Gasteiger partial charge on any atom is -0.330 e. The summed E-state index contributed by atoms with van der Waals surface area (Å²) < 4.78 is 1.16. The third kappa shape index (κ3) is 1.51. The highest BCUT2D eigenvalue weighted by molar-refractivity contribution is 8.00. The predicted octanol–water partition coefficient (Wildman–Crippen LogP) is 2.17. The van der Waals surface area contributed by atoms with E-state index in [1.54, 1.807) is 23.1 Å². The Kier molecular flexibility index (Phi) is 2.95. The van der Waals surface area contributed by atoms with Gasteiger partial charge in [0.05, 0.1) is 4.21 Å². The summed E-state index contributed by atoms with van der Waals surface area (Å²) in [6.07, 6.45) is 3.96. The molecule has 0 fully saturated rings. The van der Waals surface area contributed by atoms with Crippen LogP contribution in [0.3, 0.4) is 0 Å². The van der Waals surface area contributed by atoms with Crippen LogP contribution in [0.15, 0.2) is 9.59 Å².